The topological polar surface area (TPSA) is 51.2 Å². The van der Waals surface area contributed by atoms with Gasteiger partial charge in [0.1, 0.15) is 0 Å². The largest absolute Gasteiger partial charge is 0.465 e. The van der Waals surface area contributed by atoms with Gasteiger partial charge < -0.3 is 10.1 Å². The average Bonchev–Trinajstić information content (AvgIpc) is 2.49. The normalized spacial score (nSPS) is 10.3. The van der Waals surface area contributed by atoms with Crippen molar-refractivity contribution < 1.29 is 9.53 Å². The number of esters is 1. The van der Waals surface area contributed by atoms with Crippen LogP contribution in [0.5, 0.6) is 0 Å². The first-order valence-electron chi connectivity index (χ1n) is 6.18. The maximum Gasteiger partial charge on any atom is 0.339 e. The van der Waals surface area contributed by atoms with Gasteiger partial charge in [0.2, 0.25) is 0 Å². The minimum absolute atomic E-state index is 0.370. The molecular formula is C15H15BrN2O2. The molecule has 0 amide bonds. The van der Waals surface area contributed by atoms with Crippen molar-refractivity contribution in [2.45, 2.75) is 13.1 Å². The molecule has 0 aliphatic carbocycles. The van der Waals surface area contributed by atoms with E-state index in [0.29, 0.717) is 12.1 Å². The third-order valence-corrected chi connectivity index (χ3v) is 3.60. The summed E-state index contributed by atoms with van der Waals surface area (Å²) in [6.07, 6.45) is 1.53. The summed E-state index contributed by atoms with van der Waals surface area (Å²) in [7, 11) is 1.36. The van der Waals surface area contributed by atoms with Crippen LogP contribution >= 0.6 is 15.9 Å². The third kappa shape index (κ3) is 3.88. The first-order valence-corrected chi connectivity index (χ1v) is 6.97. The van der Waals surface area contributed by atoms with Crippen LogP contribution in [0.15, 0.2) is 47.1 Å². The number of rotatable bonds is 5. The third-order valence-electron chi connectivity index (χ3n) is 2.83. The predicted molar refractivity (Wildman–Crippen MR) is 80.3 cm³/mol. The van der Waals surface area contributed by atoms with Crippen molar-refractivity contribution in [2.24, 2.45) is 0 Å². The molecule has 0 bridgehead atoms. The van der Waals surface area contributed by atoms with Gasteiger partial charge in [-0.25, -0.2) is 4.79 Å². The van der Waals surface area contributed by atoms with E-state index in [1.54, 1.807) is 6.07 Å². The van der Waals surface area contributed by atoms with E-state index in [2.05, 4.69) is 37.0 Å². The van der Waals surface area contributed by atoms with E-state index in [9.17, 15) is 4.79 Å². The number of carbonyl (C=O) groups excluding carboxylic acids is 1. The maximum absolute atomic E-state index is 11.3. The molecular weight excluding hydrogens is 320 g/mol. The zero-order valence-corrected chi connectivity index (χ0v) is 12.7. The van der Waals surface area contributed by atoms with Crippen LogP contribution in [-0.2, 0) is 17.8 Å². The highest BCUT2D eigenvalue weighted by molar-refractivity contribution is 9.10. The lowest BCUT2D eigenvalue weighted by molar-refractivity contribution is 0.0600. The molecule has 0 aliphatic heterocycles. The summed E-state index contributed by atoms with van der Waals surface area (Å²) in [5, 5.41) is 3.31. The molecule has 1 N–H and O–H groups in total. The predicted octanol–water partition coefficient (Wildman–Crippen LogP) is 2.92. The van der Waals surface area contributed by atoms with Gasteiger partial charge in [0.25, 0.3) is 0 Å². The number of nitrogens with zero attached hydrogens (tertiary/aromatic N) is 1. The number of hydrogen-bond acceptors (Lipinski definition) is 4. The van der Waals surface area contributed by atoms with Crippen LogP contribution in [0, 0.1) is 0 Å². The molecule has 0 fully saturated rings. The molecule has 0 spiro atoms. The Morgan fingerprint density at radius 3 is 2.70 bits per heavy atom. The van der Waals surface area contributed by atoms with Gasteiger partial charge in [-0.2, -0.15) is 0 Å². The van der Waals surface area contributed by atoms with Gasteiger partial charge in [0.05, 0.1) is 18.4 Å². The highest BCUT2D eigenvalue weighted by Crippen LogP contribution is 2.15. The summed E-state index contributed by atoms with van der Waals surface area (Å²) in [5.41, 5.74) is 2.53. The molecule has 1 aromatic carbocycles. The summed E-state index contributed by atoms with van der Waals surface area (Å²) in [5.74, 6) is -0.370. The van der Waals surface area contributed by atoms with Crippen molar-refractivity contribution in [3.63, 3.8) is 0 Å². The van der Waals surface area contributed by atoms with Crippen molar-refractivity contribution >= 4 is 21.9 Å². The fourth-order valence-corrected chi connectivity index (χ4v) is 2.16. The van der Waals surface area contributed by atoms with E-state index in [-0.39, 0.29) is 5.97 Å². The number of pyridine rings is 1. The van der Waals surface area contributed by atoms with E-state index < -0.39 is 0 Å². The van der Waals surface area contributed by atoms with Gasteiger partial charge >= 0.3 is 5.97 Å². The summed E-state index contributed by atoms with van der Waals surface area (Å²) in [4.78, 5) is 15.5. The van der Waals surface area contributed by atoms with E-state index in [1.807, 2.05) is 24.3 Å². The number of halogens is 1. The summed E-state index contributed by atoms with van der Waals surface area (Å²) in [6.45, 7) is 1.39. The molecule has 2 aromatic rings. The fraction of sp³-hybridized carbons (Fsp3) is 0.200. The Morgan fingerprint density at radius 1 is 1.25 bits per heavy atom. The van der Waals surface area contributed by atoms with Gasteiger partial charge in [0, 0.05) is 23.8 Å². The second kappa shape index (κ2) is 7.17. The molecule has 0 atom stereocenters. The highest BCUT2D eigenvalue weighted by Gasteiger charge is 2.05. The van der Waals surface area contributed by atoms with Crippen molar-refractivity contribution in [2.75, 3.05) is 7.11 Å². The number of methoxy groups -OCH3 is 1. The summed E-state index contributed by atoms with van der Waals surface area (Å²) in [6, 6.07) is 11.6. The molecule has 1 heterocycles. The Balaban J connectivity index is 1.88. The van der Waals surface area contributed by atoms with Gasteiger partial charge in [-0.05, 0) is 23.8 Å². The van der Waals surface area contributed by atoms with E-state index in [0.717, 1.165) is 16.7 Å². The van der Waals surface area contributed by atoms with Crippen molar-refractivity contribution in [1.29, 1.82) is 0 Å². The fourth-order valence-electron chi connectivity index (χ4n) is 1.73. The number of benzene rings is 1. The standard InChI is InChI=1S/C15H15BrN2O2/c1-20-15(19)12-6-7-13(18-9-12)10-17-8-11-4-2-3-5-14(11)16/h2-7,9,17H,8,10H2,1H3. The van der Waals surface area contributed by atoms with E-state index in [4.69, 9.17) is 0 Å². The van der Waals surface area contributed by atoms with Crippen LogP contribution in [0.4, 0.5) is 0 Å². The highest BCUT2D eigenvalue weighted by atomic mass is 79.9. The quantitative estimate of drug-likeness (QED) is 0.854. The summed E-state index contributed by atoms with van der Waals surface area (Å²) < 4.78 is 5.71. The van der Waals surface area contributed by atoms with Crippen LogP contribution in [-0.4, -0.2) is 18.1 Å². The first-order chi connectivity index (χ1) is 9.70. The Labute approximate surface area is 126 Å². The zero-order chi connectivity index (χ0) is 14.4. The molecule has 5 heteroatoms. The Kier molecular flexibility index (Phi) is 5.26. The molecule has 0 unspecified atom stereocenters. The van der Waals surface area contributed by atoms with E-state index >= 15 is 0 Å². The molecule has 4 nitrogen and oxygen atoms in total. The van der Waals surface area contributed by atoms with Crippen LogP contribution in [0.25, 0.3) is 0 Å². The average molecular weight is 335 g/mol. The number of carbonyl (C=O) groups is 1. The van der Waals surface area contributed by atoms with Gasteiger partial charge in [-0.1, -0.05) is 34.1 Å². The van der Waals surface area contributed by atoms with Gasteiger partial charge in [0.15, 0.2) is 0 Å². The Hall–Kier alpha value is -1.72. The molecule has 104 valence electrons. The van der Waals surface area contributed by atoms with Crippen LogP contribution in [0.2, 0.25) is 0 Å². The molecule has 0 saturated heterocycles. The number of hydrogen-bond donors (Lipinski definition) is 1. The Morgan fingerprint density at radius 2 is 2.05 bits per heavy atom. The van der Waals surface area contributed by atoms with Crippen LogP contribution in [0.3, 0.4) is 0 Å². The molecule has 0 radical (unpaired) electrons. The first kappa shape index (κ1) is 14.7. The molecule has 20 heavy (non-hydrogen) atoms. The lowest BCUT2D eigenvalue weighted by Gasteiger charge is -2.07. The maximum atomic E-state index is 11.3. The number of aromatic nitrogens is 1. The monoisotopic (exact) mass is 334 g/mol. The van der Waals surface area contributed by atoms with Gasteiger partial charge in [-0.3, -0.25) is 4.98 Å². The van der Waals surface area contributed by atoms with Crippen LogP contribution in [0.1, 0.15) is 21.6 Å². The minimum atomic E-state index is -0.370. The van der Waals surface area contributed by atoms with Crippen LogP contribution < -0.4 is 5.32 Å². The smallest absolute Gasteiger partial charge is 0.339 e. The molecule has 0 aliphatic rings. The van der Waals surface area contributed by atoms with Gasteiger partial charge in [-0.15, -0.1) is 0 Å². The Bertz CT molecular complexity index is 585. The lowest BCUT2D eigenvalue weighted by atomic mass is 10.2. The second-order valence-electron chi connectivity index (χ2n) is 4.22. The zero-order valence-electron chi connectivity index (χ0n) is 11.1. The van der Waals surface area contributed by atoms with Crippen molar-refractivity contribution in [3.8, 4) is 0 Å². The number of ether oxygens (including phenoxy) is 1. The minimum Gasteiger partial charge on any atom is -0.465 e. The number of nitrogens with one attached hydrogen (secondary N) is 1. The molecule has 1 aromatic heterocycles. The van der Waals surface area contributed by atoms with Crippen molar-refractivity contribution in [1.82, 2.24) is 10.3 Å². The summed E-state index contributed by atoms with van der Waals surface area (Å²) >= 11 is 3.51. The lowest BCUT2D eigenvalue weighted by Crippen LogP contribution is -2.14. The SMILES string of the molecule is COC(=O)c1ccc(CNCc2ccccc2Br)nc1. The molecule has 0 saturated carbocycles. The van der Waals surface area contributed by atoms with Crippen molar-refractivity contribution in [3.05, 3.63) is 63.9 Å². The van der Waals surface area contributed by atoms with E-state index in [1.165, 1.54) is 18.9 Å². The molecule has 2 rings (SSSR count). The second-order valence-corrected chi connectivity index (χ2v) is 5.08.